The smallest absolute Gasteiger partial charge is 0.194 e. The van der Waals surface area contributed by atoms with E-state index in [9.17, 15) is 13.2 Å². The third-order valence-electron chi connectivity index (χ3n) is 3.50. The van der Waals surface area contributed by atoms with Crippen molar-refractivity contribution in [2.75, 3.05) is 13.1 Å². The fourth-order valence-corrected chi connectivity index (χ4v) is 2.39. The average Bonchev–Trinajstić information content (AvgIpc) is 2.74. The third kappa shape index (κ3) is 2.84. The Morgan fingerprint density at radius 1 is 1.33 bits per heavy atom. The van der Waals surface area contributed by atoms with Crippen molar-refractivity contribution in [1.82, 2.24) is 4.90 Å². The molecule has 1 aliphatic heterocycles. The lowest BCUT2D eigenvalue weighted by Crippen LogP contribution is -2.29. The molecule has 100 valence electrons. The maximum atomic E-state index is 13.1. The zero-order valence-corrected chi connectivity index (χ0v) is 10.3. The van der Waals surface area contributed by atoms with Crippen molar-refractivity contribution >= 4 is 0 Å². The van der Waals surface area contributed by atoms with E-state index in [-0.39, 0.29) is 6.04 Å². The van der Waals surface area contributed by atoms with E-state index in [0.29, 0.717) is 18.0 Å². The van der Waals surface area contributed by atoms with Crippen molar-refractivity contribution in [2.24, 2.45) is 11.7 Å². The fourth-order valence-electron chi connectivity index (χ4n) is 2.39. The molecule has 0 radical (unpaired) electrons. The van der Waals surface area contributed by atoms with E-state index >= 15 is 0 Å². The summed E-state index contributed by atoms with van der Waals surface area (Å²) in [6.45, 7) is 4.06. The van der Waals surface area contributed by atoms with Gasteiger partial charge in [0.2, 0.25) is 0 Å². The maximum absolute atomic E-state index is 13.1. The summed E-state index contributed by atoms with van der Waals surface area (Å²) >= 11 is 0. The maximum Gasteiger partial charge on any atom is 0.194 e. The molecule has 0 spiro atoms. The molecule has 2 N–H and O–H groups in total. The first-order chi connectivity index (χ1) is 8.47. The van der Waals surface area contributed by atoms with Gasteiger partial charge in [-0.2, -0.15) is 0 Å². The minimum atomic E-state index is -1.41. The Labute approximate surface area is 105 Å². The first kappa shape index (κ1) is 13.4. The second kappa shape index (κ2) is 5.28. The average molecular weight is 258 g/mol. The third-order valence-corrected chi connectivity index (χ3v) is 3.50. The molecule has 0 aromatic heterocycles. The van der Waals surface area contributed by atoms with Crippen molar-refractivity contribution in [2.45, 2.75) is 25.9 Å². The van der Waals surface area contributed by atoms with Crippen LogP contribution < -0.4 is 5.73 Å². The minimum absolute atomic E-state index is 0.122. The molecule has 1 heterocycles. The van der Waals surface area contributed by atoms with Crippen LogP contribution in [0.3, 0.4) is 0 Å². The summed E-state index contributed by atoms with van der Waals surface area (Å²) < 4.78 is 38.9. The zero-order valence-electron chi connectivity index (χ0n) is 10.3. The van der Waals surface area contributed by atoms with Gasteiger partial charge in [0.05, 0.1) is 0 Å². The number of hydrogen-bond donors (Lipinski definition) is 1. The van der Waals surface area contributed by atoms with E-state index in [4.69, 9.17) is 5.73 Å². The lowest BCUT2D eigenvalue weighted by Gasteiger charge is -2.18. The number of likely N-dealkylation sites (tertiary alicyclic amines) is 1. The number of nitrogens with two attached hydrogens (primary N) is 1. The quantitative estimate of drug-likeness (QED) is 0.843. The number of halogens is 3. The highest BCUT2D eigenvalue weighted by molar-refractivity contribution is 5.19. The van der Waals surface area contributed by atoms with Crippen molar-refractivity contribution in [3.63, 3.8) is 0 Å². The van der Waals surface area contributed by atoms with Crippen molar-refractivity contribution < 1.29 is 13.2 Å². The van der Waals surface area contributed by atoms with Crippen molar-refractivity contribution in [3.8, 4) is 0 Å². The minimum Gasteiger partial charge on any atom is -0.328 e. The number of nitrogens with zero attached hydrogens (tertiary/aromatic N) is 1. The van der Waals surface area contributed by atoms with Crippen LogP contribution in [0.2, 0.25) is 0 Å². The van der Waals surface area contributed by atoms with Gasteiger partial charge in [-0.05, 0) is 43.5 Å². The second-order valence-electron chi connectivity index (χ2n) is 5.02. The van der Waals surface area contributed by atoms with Gasteiger partial charge in [0.25, 0.3) is 0 Å². The molecule has 5 heteroatoms. The Balaban J connectivity index is 2.03. The highest BCUT2D eigenvalue weighted by atomic mass is 19.2. The monoisotopic (exact) mass is 258 g/mol. The van der Waals surface area contributed by atoms with E-state index < -0.39 is 17.5 Å². The van der Waals surface area contributed by atoms with Crippen LogP contribution >= 0.6 is 0 Å². The molecule has 1 aromatic rings. The van der Waals surface area contributed by atoms with Crippen LogP contribution in [0.1, 0.15) is 18.9 Å². The molecule has 0 bridgehead atoms. The summed E-state index contributed by atoms with van der Waals surface area (Å²) in [5.41, 5.74) is 6.28. The number of benzene rings is 1. The van der Waals surface area contributed by atoms with Crippen LogP contribution in [-0.4, -0.2) is 24.0 Å². The number of rotatable bonds is 3. The lowest BCUT2D eigenvalue weighted by atomic mass is 10.0. The van der Waals surface area contributed by atoms with Gasteiger partial charge in [-0.15, -0.1) is 0 Å². The fraction of sp³-hybridized carbons (Fsp3) is 0.538. The SMILES string of the molecule is CC(N)C1CCN(Cc2cc(F)c(F)c(F)c2)C1. The van der Waals surface area contributed by atoms with Crippen molar-refractivity contribution in [3.05, 3.63) is 35.1 Å². The van der Waals surface area contributed by atoms with E-state index in [0.717, 1.165) is 31.6 Å². The van der Waals surface area contributed by atoms with Crippen LogP contribution in [0.4, 0.5) is 13.2 Å². The van der Waals surface area contributed by atoms with Gasteiger partial charge in [0, 0.05) is 19.1 Å². The molecule has 0 saturated carbocycles. The van der Waals surface area contributed by atoms with Crippen LogP contribution in [0, 0.1) is 23.4 Å². The Hall–Kier alpha value is -1.07. The molecule has 2 rings (SSSR count). The predicted octanol–water partition coefficient (Wildman–Crippen LogP) is 2.27. The highest BCUT2D eigenvalue weighted by Crippen LogP contribution is 2.22. The van der Waals surface area contributed by atoms with Crippen LogP contribution in [-0.2, 0) is 6.54 Å². The summed E-state index contributed by atoms with van der Waals surface area (Å²) in [6, 6.07) is 2.23. The Morgan fingerprint density at radius 2 is 1.94 bits per heavy atom. The Morgan fingerprint density at radius 3 is 2.44 bits per heavy atom. The second-order valence-corrected chi connectivity index (χ2v) is 5.02. The molecule has 1 aromatic carbocycles. The van der Waals surface area contributed by atoms with Gasteiger partial charge in [0.1, 0.15) is 0 Å². The van der Waals surface area contributed by atoms with Gasteiger partial charge in [-0.25, -0.2) is 13.2 Å². The summed E-state index contributed by atoms with van der Waals surface area (Å²) in [4.78, 5) is 2.08. The van der Waals surface area contributed by atoms with Gasteiger partial charge in [-0.1, -0.05) is 0 Å². The highest BCUT2D eigenvalue weighted by Gasteiger charge is 2.25. The number of hydrogen-bond acceptors (Lipinski definition) is 2. The molecular formula is C13H17F3N2. The molecule has 2 atom stereocenters. The molecule has 18 heavy (non-hydrogen) atoms. The first-order valence-corrected chi connectivity index (χ1v) is 6.08. The van der Waals surface area contributed by atoms with Gasteiger partial charge < -0.3 is 5.73 Å². The largest absolute Gasteiger partial charge is 0.328 e. The zero-order chi connectivity index (χ0) is 13.3. The summed E-state index contributed by atoms with van der Waals surface area (Å²) in [5.74, 6) is -3.25. The summed E-state index contributed by atoms with van der Waals surface area (Å²) in [7, 11) is 0. The van der Waals surface area contributed by atoms with Crippen molar-refractivity contribution in [1.29, 1.82) is 0 Å². The molecule has 2 nitrogen and oxygen atoms in total. The Kier molecular flexibility index (Phi) is 3.92. The first-order valence-electron chi connectivity index (χ1n) is 6.08. The topological polar surface area (TPSA) is 29.3 Å². The standard InChI is InChI=1S/C13H17F3N2/c1-8(17)10-2-3-18(7-10)6-9-4-11(14)13(16)12(15)5-9/h4-5,8,10H,2-3,6-7,17H2,1H3. The van der Waals surface area contributed by atoms with Gasteiger partial charge >= 0.3 is 0 Å². The lowest BCUT2D eigenvalue weighted by molar-refractivity contribution is 0.306. The normalized spacial score (nSPS) is 22.4. The van der Waals surface area contributed by atoms with Crippen LogP contribution in [0.5, 0.6) is 0 Å². The molecule has 2 unspecified atom stereocenters. The van der Waals surface area contributed by atoms with E-state index in [2.05, 4.69) is 4.90 Å². The summed E-state index contributed by atoms with van der Waals surface area (Å²) in [5, 5.41) is 0. The Bertz CT molecular complexity index is 411. The van der Waals surface area contributed by atoms with Crippen LogP contribution in [0.25, 0.3) is 0 Å². The molecule has 1 fully saturated rings. The molecule has 1 saturated heterocycles. The van der Waals surface area contributed by atoms with E-state index in [1.54, 1.807) is 0 Å². The molecular weight excluding hydrogens is 241 g/mol. The molecule has 1 aliphatic rings. The van der Waals surface area contributed by atoms with Gasteiger partial charge in [-0.3, -0.25) is 4.90 Å². The molecule has 0 amide bonds. The predicted molar refractivity (Wildman–Crippen MR) is 63.3 cm³/mol. The van der Waals surface area contributed by atoms with E-state index in [1.165, 1.54) is 0 Å². The summed E-state index contributed by atoms with van der Waals surface area (Å²) in [6.07, 6.45) is 0.990. The van der Waals surface area contributed by atoms with E-state index in [1.807, 2.05) is 6.92 Å². The molecule has 0 aliphatic carbocycles. The van der Waals surface area contributed by atoms with Gasteiger partial charge in [0.15, 0.2) is 17.5 Å². The van der Waals surface area contributed by atoms with Crippen LogP contribution in [0.15, 0.2) is 12.1 Å².